The van der Waals surface area contributed by atoms with Crippen molar-refractivity contribution < 1.29 is 14.3 Å². The van der Waals surface area contributed by atoms with Crippen LogP contribution in [0.25, 0.3) is 0 Å². The minimum atomic E-state index is -0.780. The van der Waals surface area contributed by atoms with Crippen LogP contribution < -0.4 is 10.6 Å². The molecule has 0 unspecified atom stereocenters. The maximum Gasteiger partial charge on any atom is 0.408 e. The highest BCUT2D eigenvalue weighted by Gasteiger charge is 2.22. The molecule has 0 aromatic carbocycles. The van der Waals surface area contributed by atoms with E-state index in [1.807, 2.05) is 0 Å². The maximum atomic E-state index is 11.9. The number of aromatic amines is 1. The molecule has 1 aromatic rings. The number of halogens is 1. The van der Waals surface area contributed by atoms with E-state index < -0.39 is 23.6 Å². The number of amides is 2. The van der Waals surface area contributed by atoms with E-state index in [4.69, 9.17) is 16.3 Å². The number of nitrogens with zero attached hydrogens (tertiary/aromatic N) is 1. The Morgan fingerprint density at radius 3 is 2.45 bits per heavy atom. The van der Waals surface area contributed by atoms with Crippen LogP contribution in [0.15, 0.2) is 0 Å². The van der Waals surface area contributed by atoms with E-state index in [1.165, 1.54) is 6.92 Å². The second-order valence-electron chi connectivity index (χ2n) is 5.37. The fourth-order valence-electron chi connectivity index (χ4n) is 1.27. The van der Waals surface area contributed by atoms with Crippen molar-refractivity contribution in [2.75, 3.05) is 5.32 Å². The Balaban J connectivity index is 2.55. The van der Waals surface area contributed by atoms with E-state index in [2.05, 4.69) is 20.8 Å². The highest BCUT2D eigenvalue weighted by molar-refractivity contribution is 6.34. The van der Waals surface area contributed by atoms with Crippen molar-refractivity contribution in [2.24, 2.45) is 0 Å². The molecule has 0 spiro atoms. The van der Waals surface area contributed by atoms with Gasteiger partial charge in [-0.1, -0.05) is 11.6 Å². The molecule has 1 heterocycles. The number of rotatable bonds is 3. The average Bonchev–Trinajstić information content (AvgIpc) is 2.58. The maximum absolute atomic E-state index is 11.9. The van der Waals surface area contributed by atoms with Crippen LogP contribution in [0.1, 0.15) is 33.4 Å². The van der Waals surface area contributed by atoms with Crippen LogP contribution in [-0.2, 0) is 9.53 Å². The molecule has 3 N–H and O–H groups in total. The molecule has 2 amide bonds. The summed E-state index contributed by atoms with van der Waals surface area (Å²) in [5.74, 6) is -0.212. The van der Waals surface area contributed by atoms with E-state index in [1.54, 1.807) is 27.7 Å². The number of carbonyl (C=O) groups is 2. The Morgan fingerprint density at radius 2 is 2.00 bits per heavy atom. The van der Waals surface area contributed by atoms with Crippen molar-refractivity contribution in [3.05, 3.63) is 10.7 Å². The summed E-state index contributed by atoms with van der Waals surface area (Å²) >= 11 is 5.93. The summed E-state index contributed by atoms with van der Waals surface area (Å²) < 4.78 is 5.06. The first-order valence-corrected chi connectivity index (χ1v) is 6.49. The number of alkyl carbamates (subject to hydrolysis) is 1. The number of H-pyrrole nitrogens is 1. The monoisotopic (exact) mass is 302 g/mol. The first-order valence-electron chi connectivity index (χ1n) is 6.11. The van der Waals surface area contributed by atoms with Crippen LogP contribution in [-0.4, -0.2) is 33.8 Å². The van der Waals surface area contributed by atoms with Gasteiger partial charge in [-0.15, -0.1) is 0 Å². The summed E-state index contributed by atoms with van der Waals surface area (Å²) in [5, 5.41) is 11.8. The topological polar surface area (TPSA) is 96.1 Å². The summed E-state index contributed by atoms with van der Waals surface area (Å²) in [6.07, 6.45) is -0.663. The number of aromatic nitrogens is 2. The normalized spacial score (nSPS) is 12.7. The summed E-state index contributed by atoms with van der Waals surface area (Å²) in [4.78, 5) is 23.4. The lowest BCUT2D eigenvalue weighted by Gasteiger charge is -2.21. The van der Waals surface area contributed by atoms with Crippen LogP contribution in [0.3, 0.4) is 0 Å². The Bertz CT molecular complexity index is 507. The largest absolute Gasteiger partial charge is 0.444 e. The SMILES string of the molecule is Cc1[nH]nc(NC(=O)[C@@H](C)NC(=O)OC(C)(C)C)c1Cl. The number of ether oxygens (including phenoxy) is 1. The average molecular weight is 303 g/mol. The molecule has 1 atom stereocenters. The first-order chi connectivity index (χ1) is 9.10. The molecule has 8 heteroatoms. The van der Waals surface area contributed by atoms with Gasteiger partial charge in [-0.25, -0.2) is 4.79 Å². The Hall–Kier alpha value is -1.76. The molecule has 1 rings (SSSR count). The molecule has 7 nitrogen and oxygen atoms in total. The Labute approximate surface area is 122 Å². The van der Waals surface area contributed by atoms with Gasteiger partial charge in [-0.2, -0.15) is 5.10 Å². The second kappa shape index (κ2) is 6.13. The number of aryl methyl sites for hydroxylation is 1. The highest BCUT2D eigenvalue weighted by Crippen LogP contribution is 2.21. The molecular weight excluding hydrogens is 284 g/mol. The van der Waals surface area contributed by atoms with Crippen LogP contribution >= 0.6 is 11.6 Å². The molecule has 0 aliphatic carbocycles. The third-order valence-electron chi connectivity index (χ3n) is 2.24. The van der Waals surface area contributed by atoms with Gasteiger partial charge in [0, 0.05) is 0 Å². The van der Waals surface area contributed by atoms with Gasteiger partial charge in [0.25, 0.3) is 0 Å². The van der Waals surface area contributed by atoms with Gasteiger partial charge >= 0.3 is 6.09 Å². The summed E-state index contributed by atoms with van der Waals surface area (Å²) in [6, 6.07) is -0.780. The lowest BCUT2D eigenvalue weighted by molar-refractivity contribution is -0.117. The lowest BCUT2D eigenvalue weighted by Crippen LogP contribution is -2.44. The van der Waals surface area contributed by atoms with Gasteiger partial charge in [-0.05, 0) is 34.6 Å². The van der Waals surface area contributed by atoms with Gasteiger partial charge in [0.1, 0.15) is 16.7 Å². The van der Waals surface area contributed by atoms with Crippen LogP contribution in [0.2, 0.25) is 5.02 Å². The second-order valence-corrected chi connectivity index (χ2v) is 5.75. The molecule has 20 heavy (non-hydrogen) atoms. The molecular formula is C12H19ClN4O3. The predicted octanol–water partition coefficient (Wildman–Crippen LogP) is 2.22. The van der Waals surface area contributed by atoms with Gasteiger partial charge in [0.15, 0.2) is 5.82 Å². The predicted molar refractivity (Wildman–Crippen MR) is 75.8 cm³/mol. The zero-order valence-corrected chi connectivity index (χ0v) is 12.9. The van der Waals surface area contributed by atoms with E-state index in [0.29, 0.717) is 10.7 Å². The summed E-state index contributed by atoms with van der Waals surface area (Å²) in [7, 11) is 0. The zero-order chi connectivity index (χ0) is 15.5. The number of hydrogen-bond acceptors (Lipinski definition) is 4. The van der Waals surface area contributed by atoms with Crippen molar-refractivity contribution in [2.45, 2.75) is 46.3 Å². The van der Waals surface area contributed by atoms with Crippen molar-refractivity contribution in [1.29, 1.82) is 0 Å². The lowest BCUT2D eigenvalue weighted by atomic mass is 10.2. The first kappa shape index (κ1) is 16.3. The van der Waals surface area contributed by atoms with Crippen molar-refractivity contribution >= 4 is 29.4 Å². The molecule has 0 aliphatic rings. The number of carbonyl (C=O) groups excluding carboxylic acids is 2. The van der Waals surface area contributed by atoms with Gasteiger partial charge in [-0.3, -0.25) is 9.89 Å². The molecule has 0 bridgehead atoms. The number of hydrogen-bond donors (Lipinski definition) is 3. The standard InChI is InChI=1S/C12H19ClN4O3/c1-6-8(13)9(17-16-6)15-10(18)7(2)14-11(19)20-12(3,4)5/h7H,1-5H3,(H,14,19)(H2,15,16,17,18)/t7-/m1/s1. The molecule has 1 aromatic heterocycles. The summed E-state index contributed by atoms with van der Waals surface area (Å²) in [6.45, 7) is 8.48. The fourth-order valence-corrected chi connectivity index (χ4v) is 1.40. The highest BCUT2D eigenvalue weighted by atomic mass is 35.5. The molecule has 0 radical (unpaired) electrons. The van der Waals surface area contributed by atoms with Crippen LogP contribution in [0, 0.1) is 6.92 Å². The third kappa shape index (κ3) is 4.73. The van der Waals surface area contributed by atoms with E-state index in [0.717, 1.165) is 0 Å². The van der Waals surface area contributed by atoms with E-state index in [-0.39, 0.29) is 5.82 Å². The third-order valence-corrected chi connectivity index (χ3v) is 2.70. The van der Waals surface area contributed by atoms with Crippen molar-refractivity contribution in [1.82, 2.24) is 15.5 Å². The summed E-state index contributed by atoms with van der Waals surface area (Å²) in [5.41, 5.74) is 0.0258. The van der Waals surface area contributed by atoms with Crippen LogP contribution in [0.5, 0.6) is 0 Å². The molecule has 0 saturated carbocycles. The Kier molecular flexibility index (Phi) is 4.99. The fraction of sp³-hybridized carbons (Fsp3) is 0.583. The molecule has 0 fully saturated rings. The molecule has 0 aliphatic heterocycles. The minimum absolute atomic E-state index is 0.229. The van der Waals surface area contributed by atoms with E-state index >= 15 is 0 Å². The smallest absolute Gasteiger partial charge is 0.408 e. The molecule has 112 valence electrons. The van der Waals surface area contributed by atoms with E-state index in [9.17, 15) is 9.59 Å². The number of anilines is 1. The van der Waals surface area contributed by atoms with Crippen molar-refractivity contribution in [3.8, 4) is 0 Å². The number of nitrogens with one attached hydrogen (secondary N) is 3. The quantitative estimate of drug-likeness (QED) is 0.797. The van der Waals surface area contributed by atoms with Gasteiger partial charge < -0.3 is 15.4 Å². The van der Waals surface area contributed by atoms with Crippen molar-refractivity contribution in [3.63, 3.8) is 0 Å². The molecule has 0 saturated heterocycles. The van der Waals surface area contributed by atoms with Gasteiger partial charge in [0.2, 0.25) is 5.91 Å². The zero-order valence-electron chi connectivity index (χ0n) is 12.1. The van der Waals surface area contributed by atoms with Crippen LogP contribution in [0.4, 0.5) is 10.6 Å². The minimum Gasteiger partial charge on any atom is -0.444 e. The Morgan fingerprint density at radius 1 is 1.40 bits per heavy atom. The van der Waals surface area contributed by atoms with Gasteiger partial charge in [0.05, 0.1) is 5.69 Å².